The standard InChI is InChI=1S/C28H27N3O5S.C3H8O3S/c1-18-26(27(32)31(30-18)21-11-13-22(14-12-21)37(33,34)35)20-15-19(16-28(2,3)17-20)7-6-10-25-29-23-8-4-5-9-24(23)36-25;1-2-3-7(4,5)6/h4-15,30H,16-17H2,1-3H3,(H,33,34,35);2-3H2,1H3,(H,4,5,6). The molecule has 0 unspecified atom stereocenters. The molecule has 1 aliphatic carbocycles. The third-order valence-electron chi connectivity index (χ3n) is 6.82. The van der Waals surface area contributed by atoms with E-state index in [1.807, 2.05) is 49.4 Å². The summed E-state index contributed by atoms with van der Waals surface area (Å²) in [5, 5.41) is 3.10. The third kappa shape index (κ3) is 8.32. The molecule has 2 aromatic carbocycles. The molecule has 13 heteroatoms. The summed E-state index contributed by atoms with van der Waals surface area (Å²) in [7, 11) is -7.99. The van der Waals surface area contributed by atoms with Crippen molar-refractivity contribution in [2.45, 2.75) is 51.9 Å². The van der Waals surface area contributed by atoms with Gasteiger partial charge in [-0.05, 0) is 79.1 Å². The van der Waals surface area contributed by atoms with Crippen LogP contribution >= 0.6 is 0 Å². The first-order valence-corrected chi connectivity index (χ1v) is 16.9. The Hall–Kier alpha value is -4.04. The number of nitrogens with one attached hydrogen (secondary N) is 1. The minimum absolute atomic E-state index is 0.0561. The van der Waals surface area contributed by atoms with E-state index < -0.39 is 20.2 Å². The first-order chi connectivity index (χ1) is 20.6. The van der Waals surface area contributed by atoms with Crippen LogP contribution in [0, 0.1) is 12.3 Å². The molecule has 0 bridgehead atoms. The molecular formula is C31H35N3O8S2. The molecule has 0 atom stereocenters. The highest BCUT2D eigenvalue weighted by molar-refractivity contribution is 7.86. The monoisotopic (exact) mass is 641 g/mol. The maximum atomic E-state index is 13.4. The molecule has 0 fully saturated rings. The van der Waals surface area contributed by atoms with Gasteiger partial charge in [0.15, 0.2) is 5.58 Å². The van der Waals surface area contributed by atoms with Gasteiger partial charge in [-0.2, -0.15) is 16.8 Å². The van der Waals surface area contributed by atoms with Gasteiger partial charge in [0.05, 0.1) is 21.9 Å². The Balaban J connectivity index is 0.000000566. The normalized spacial score (nSPS) is 16.2. The number of para-hydroxylation sites is 2. The second kappa shape index (κ2) is 12.9. The van der Waals surface area contributed by atoms with Crippen LogP contribution in [0.1, 0.15) is 57.2 Å². The van der Waals surface area contributed by atoms with Gasteiger partial charge in [-0.15, -0.1) is 0 Å². The summed E-state index contributed by atoms with van der Waals surface area (Å²) in [4.78, 5) is 17.7. The molecule has 0 spiro atoms. The Morgan fingerprint density at radius 2 is 1.73 bits per heavy atom. The molecule has 0 saturated carbocycles. The molecule has 5 rings (SSSR count). The van der Waals surface area contributed by atoms with E-state index in [9.17, 15) is 26.2 Å². The number of rotatable bonds is 7. The van der Waals surface area contributed by atoms with Crippen LogP contribution < -0.4 is 5.56 Å². The van der Waals surface area contributed by atoms with Crippen LogP contribution in [-0.4, -0.2) is 46.5 Å². The summed E-state index contributed by atoms with van der Waals surface area (Å²) in [5.41, 5.74) is 5.08. The molecule has 44 heavy (non-hydrogen) atoms. The van der Waals surface area contributed by atoms with E-state index in [-0.39, 0.29) is 21.6 Å². The summed E-state index contributed by atoms with van der Waals surface area (Å²) in [6.45, 7) is 7.88. The van der Waals surface area contributed by atoms with Gasteiger partial charge in [0.2, 0.25) is 5.89 Å². The van der Waals surface area contributed by atoms with Crippen molar-refractivity contribution in [1.29, 1.82) is 0 Å². The maximum Gasteiger partial charge on any atom is 0.294 e. The highest BCUT2D eigenvalue weighted by Crippen LogP contribution is 2.41. The first kappa shape index (κ1) is 32.9. The molecule has 11 nitrogen and oxygen atoms in total. The molecular weight excluding hydrogens is 606 g/mol. The van der Waals surface area contributed by atoms with Crippen molar-refractivity contribution in [1.82, 2.24) is 14.8 Å². The van der Waals surface area contributed by atoms with Crippen LogP contribution in [0.15, 0.2) is 86.4 Å². The molecule has 3 N–H and O–H groups in total. The third-order valence-corrected chi connectivity index (χ3v) is 8.61. The van der Waals surface area contributed by atoms with Gasteiger partial charge in [-0.3, -0.25) is 19.0 Å². The molecule has 0 radical (unpaired) electrons. The predicted molar refractivity (Wildman–Crippen MR) is 170 cm³/mol. The zero-order valence-corrected chi connectivity index (χ0v) is 26.4. The zero-order valence-electron chi connectivity index (χ0n) is 24.8. The van der Waals surface area contributed by atoms with Crippen molar-refractivity contribution >= 4 is 43.0 Å². The SMILES string of the molecule is CCCS(=O)(=O)O.Cc1[nH]n(-c2ccc(S(=O)(=O)O)cc2)c(=O)c1C1=CC(=CC=Cc2nc3ccccc3o2)CC(C)(C)C1. The largest absolute Gasteiger partial charge is 0.437 e. The van der Waals surface area contributed by atoms with Crippen LogP contribution in [-0.2, 0) is 20.2 Å². The predicted octanol–water partition coefficient (Wildman–Crippen LogP) is 5.99. The van der Waals surface area contributed by atoms with E-state index in [2.05, 4.69) is 30.0 Å². The fraction of sp³-hybridized carbons (Fsp3) is 0.290. The minimum atomic E-state index is -4.31. The van der Waals surface area contributed by atoms with E-state index in [1.54, 1.807) is 6.92 Å². The molecule has 2 heterocycles. The van der Waals surface area contributed by atoms with Gasteiger partial charge in [0, 0.05) is 11.8 Å². The number of hydrogen-bond donors (Lipinski definition) is 3. The quantitative estimate of drug-likeness (QED) is 0.205. The summed E-state index contributed by atoms with van der Waals surface area (Å²) in [6, 6.07) is 13.1. The van der Waals surface area contributed by atoms with Crippen molar-refractivity contribution in [2.24, 2.45) is 5.41 Å². The Morgan fingerprint density at radius 3 is 2.32 bits per heavy atom. The Morgan fingerprint density at radius 1 is 1.05 bits per heavy atom. The van der Waals surface area contributed by atoms with Crippen molar-refractivity contribution in [3.05, 3.63) is 99.8 Å². The minimum Gasteiger partial charge on any atom is -0.437 e. The number of aromatic amines is 1. The Kier molecular flexibility index (Phi) is 9.64. The van der Waals surface area contributed by atoms with Crippen LogP contribution in [0.2, 0.25) is 0 Å². The van der Waals surface area contributed by atoms with E-state index in [4.69, 9.17) is 8.97 Å². The average Bonchev–Trinajstić information content (AvgIpc) is 3.46. The molecule has 0 aliphatic heterocycles. The van der Waals surface area contributed by atoms with Crippen LogP contribution in [0.25, 0.3) is 28.4 Å². The van der Waals surface area contributed by atoms with Crippen LogP contribution in [0.4, 0.5) is 0 Å². The topological polar surface area (TPSA) is 173 Å². The number of aromatic nitrogens is 3. The molecule has 1 aliphatic rings. The van der Waals surface area contributed by atoms with Crippen LogP contribution in [0.3, 0.4) is 0 Å². The van der Waals surface area contributed by atoms with E-state index in [0.29, 0.717) is 29.3 Å². The van der Waals surface area contributed by atoms with Gasteiger partial charge < -0.3 is 4.42 Å². The van der Waals surface area contributed by atoms with Gasteiger partial charge in [0.25, 0.3) is 25.8 Å². The number of aryl methyl sites for hydroxylation is 1. The van der Waals surface area contributed by atoms with Gasteiger partial charge in [0.1, 0.15) is 5.52 Å². The summed E-state index contributed by atoms with van der Waals surface area (Å²) in [6.07, 6.45) is 9.87. The number of fused-ring (bicyclic) bond motifs is 1. The number of nitrogens with zero attached hydrogens (tertiary/aromatic N) is 2. The first-order valence-electron chi connectivity index (χ1n) is 13.8. The van der Waals surface area contributed by atoms with Gasteiger partial charge in [-0.25, -0.2) is 9.67 Å². The molecule has 0 amide bonds. The van der Waals surface area contributed by atoms with E-state index >= 15 is 0 Å². The summed E-state index contributed by atoms with van der Waals surface area (Å²) < 4.78 is 66.6. The van der Waals surface area contributed by atoms with Gasteiger partial charge >= 0.3 is 0 Å². The number of allylic oxidation sites excluding steroid dienone is 5. The second-order valence-electron chi connectivity index (χ2n) is 11.3. The van der Waals surface area contributed by atoms with Crippen LogP contribution in [0.5, 0.6) is 0 Å². The highest BCUT2D eigenvalue weighted by atomic mass is 32.2. The number of hydrogen-bond acceptors (Lipinski definition) is 7. The maximum absolute atomic E-state index is 13.4. The van der Waals surface area contributed by atoms with Crippen molar-refractivity contribution in [2.75, 3.05) is 5.75 Å². The molecule has 4 aromatic rings. The summed E-state index contributed by atoms with van der Waals surface area (Å²) >= 11 is 0. The fourth-order valence-corrected chi connectivity index (χ4v) is 6.07. The van der Waals surface area contributed by atoms with E-state index in [1.165, 1.54) is 28.9 Å². The lowest BCUT2D eigenvalue weighted by molar-refractivity contribution is 0.369. The van der Waals surface area contributed by atoms with Gasteiger partial charge in [-0.1, -0.05) is 51.1 Å². The van der Waals surface area contributed by atoms with E-state index in [0.717, 1.165) is 35.1 Å². The zero-order chi connectivity index (χ0) is 32.3. The number of oxazole rings is 1. The Bertz CT molecular complexity index is 1990. The van der Waals surface area contributed by atoms with Crippen molar-refractivity contribution in [3.63, 3.8) is 0 Å². The number of H-pyrrole nitrogens is 1. The molecule has 2 aromatic heterocycles. The smallest absolute Gasteiger partial charge is 0.294 e. The highest BCUT2D eigenvalue weighted by Gasteiger charge is 2.29. The van der Waals surface area contributed by atoms with Crippen molar-refractivity contribution < 1.29 is 30.4 Å². The van der Waals surface area contributed by atoms with Crippen molar-refractivity contribution in [3.8, 4) is 5.69 Å². The second-order valence-corrected chi connectivity index (χ2v) is 14.3. The molecule has 0 saturated heterocycles. The average molecular weight is 642 g/mol. The number of benzene rings is 2. The molecule has 234 valence electrons. The lowest BCUT2D eigenvalue weighted by Gasteiger charge is -2.31. The fourth-order valence-electron chi connectivity index (χ4n) is 5.07. The lowest BCUT2D eigenvalue weighted by Crippen LogP contribution is -2.21. The Labute approximate surface area is 256 Å². The summed E-state index contributed by atoms with van der Waals surface area (Å²) in [5.74, 6) is 0.397. The lowest BCUT2D eigenvalue weighted by atomic mass is 9.73.